The summed E-state index contributed by atoms with van der Waals surface area (Å²) in [4.78, 5) is 10.6. The van der Waals surface area contributed by atoms with Crippen molar-refractivity contribution in [3.05, 3.63) is 51.6 Å². The molecule has 1 aliphatic heterocycles. The summed E-state index contributed by atoms with van der Waals surface area (Å²) >= 11 is 0. The van der Waals surface area contributed by atoms with Crippen LogP contribution >= 0.6 is 0 Å². The number of nitrogens with one attached hydrogen (secondary N) is 1. The molecule has 0 bridgehead atoms. The van der Waals surface area contributed by atoms with E-state index >= 15 is 0 Å². The van der Waals surface area contributed by atoms with E-state index in [1.807, 2.05) is 6.92 Å². The Hall–Kier alpha value is -2.92. The molecule has 98 valence electrons. The van der Waals surface area contributed by atoms with Crippen LogP contribution in [0.15, 0.2) is 46.3 Å². The predicted octanol–water partition coefficient (Wildman–Crippen LogP) is 3.36. The van der Waals surface area contributed by atoms with Gasteiger partial charge >= 0.3 is 0 Å². The van der Waals surface area contributed by atoms with Crippen LogP contribution in [-0.4, -0.2) is 0 Å². The van der Waals surface area contributed by atoms with Gasteiger partial charge in [-0.3, -0.25) is 0 Å². The van der Waals surface area contributed by atoms with Gasteiger partial charge < -0.3 is 5.32 Å². The molecule has 0 spiro atoms. The largest absolute Gasteiger partial charge is 0.357 e. The molecule has 2 rings (SSSR count). The number of nitriles is 2. The van der Waals surface area contributed by atoms with Crippen LogP contribution in [0.1, 0.15) is 19.4 Å². The van der Waals surface area contributed by atoms with Gasteiger partial charge in [0.15, 0.2) is 0 Å². The van der Waals surface area contributed by atoms with Gasteiger partial charge in [-0.15, -0.1) is 4.91 Å². The van der Waals surface area contributed by atoms with Crippen molar-refractivity contribution in [1.82, 2.24) is 5.32 Å². The normalized spacial score (nSPS) is 18.1. The fraction of sp³-hybridized carbons (Fsp3) is 0.200. The van der Waals surface area contributed by atoms with E-state index in [2.05, 4.69) is 22.6 Å². The van der Waals surface area contributed by atoms with Crippen LogP contribution < -0.4 is 5.32 Å². The second-order valence-corrected chi connectivity index (χ2v) is 4.54. The minimum absolute atomic E-state index is 0.269. The Morgan fingerprint density at radius 1 is 1.25 bits per heavy atom. The lowest BCUT2D eigenvalue weighted by Gasteiger charge is -2.25. The maximum Gasteiger partial charge on any atom is 0.108 e. The Morgan fingerprint density at radius 3 is 2.55 bits per heavy atom. The third-order valence-electron chi connectivity index (χ3n) is 3.33. The summed E-state index contributed by atoms with van der Waals surface area (Å²) in [5, 5.41) is 24.5. The molecule has 0 radical (unpaired) electrons. The summed E-state index contributed by atoms with van der Waals surface area (Å²) in [5.74, 6) is -0.269. The molecule has 0 aliphatic carbocycles. The van der Waals surface area contributed by atoms with Crippen molar-refractivity contribution in [1.29, 1.82) is 10.5 Å². The van der Waals surface area contributed by atoms with Crippen LogP contribution in [0, 0.1) is 33.5 Å². The molecule has 5 nitrogen and oxygen atoms in total. The summed E-state index contributed by atoms with van der Waals surface area (Å²) in [6.07, 6.45) is 0. The second-order valence-electron chi connectivity index (χ2n) is 4.54. The highest BCUT2D eigenvalue weighted by Gasteiger charge is 2.26. The first-order valence-corrected chi connectivity index (χ1v) is 6.08. The zero-order valence-electron chi connectivity index (χ0n) is 11.1. The number of nitroso groups, excluding NO2 is 1. The Morgan fingerprint density at radius 2 is 1.95 bits per heavy atom. The molecule has 1 atom stereocenters. The summed E-state index contributed by atoms with van der Waals surface area (Å²) in [5.41, 5.74) is 3.39. The van der Waals surface area contributed by atoms with Crippen molar-refractivity contribution in [2.75, 3.05) is 0 Å². The molecule has 1 aromatic carbocycles. The highest BCUT2D eigenvalue weighted by molar-refractivity contribution is 5.76. The average Bonchev–Trinajstić information content (AvgIpc) is 2.47. The number of hydrogen-bond acceptors (Lipinski definition) is 5. The summed E-state index contributed by atoms with van der Waals surface area (Å²) < 4.78 is 0. The lowest BCUT2D eigenvalue weighted by molar-refractivity contribution is 0.791. The van der Waals surface area contributed by atoms with Crippen LogP contribution in [0.25, 0.3) is 5.70 Å². The van der Waals surface area contributed by atoms with Gasteiger partial charge in [-0.1, -0.05) is 19.1 Å². The molecular formula is C15H12N4O. The van der Waals surface area contributed by atoms with Crippen LogP contribution in [0.4, 0.5) is 5.69 Å². The van der Waals surface area contributed by atoms with Crippen molar-refractivity contribution >= 4 is 11.4 Å². The molecule has 0 amide bonds. The number of rotatable bonds is 2. The second kappa shape index (κ2) is 5.38. The molecule has 1 aliphatic rings. The van der Waals surface area contributed by atoms with Gasteiger partial charge in [-0.2, -0.15) is 10.5 Å². The number of dihydropyridines is 1. The van der Waals surface area contributed by atoms with E-state index in [1.165, 1.54) is 0 Å². The van der Waals surface area contributed by atoms with E-state index in [0.29, 0.717) is 28.1 Å². The fourth-order valence-corrected chi connectivity index (χ4v) is 2.29. The van der Waals surface area contributed by atoms with Gasteiger partial charge in [0.1, 0.15) is 5.69 Å². The van der Waals surface area contributed by atoms with E-state index in [4.69, 9.17) is 5.26 Å². The quantitative estimate of drug-likeness (QED) is 0.829. The molecule has 5 heteroatoms. The van der Waals surface area contributed by atoms with Gasteiger partial charge in [-0.25, -0.2) is 0 Å². The molecule has 20 heavy (non-hydrogen) atoms. The summed E-state index contributed by atoms with van der Waals surface area (Å²) in [7, 11) is 0. The zero-order chi connectivity index (χ0) is 14.7. The van der Waals surface area contributed by atoms with Gasteiger partial charge in [0.2, 0.25) is 0 Å². The summed E-state index contributed by atoms with van der Waals surface area (Å²) in [6.45, 7) is 3.62. The highest BCUT2D eigenvalue weighted by Crippen LogP contribution is 2.33. The highest BCUT2D eigenvalue weighted by atomic mass is 16.3. The molecular weight excluding hydrogens is 252 g/mol. The van der Waals surface area contributed by atoms with Crippen LogP contribution in [0.2, 0.25) is 0 Å². The lowest BCUT2D eigenvalue weighted by atomic mass is 9.86. The molecule has 1 aromatic rings. The first-order chi connectivity index (χ1) is 9.62. The fourth-order valence-electron chi connectivity index (χ4n) is 2.29. The van der Waals surface area contributed by atoms with Crippen molar-refractivity contribution < 1.29 is 0 Å². The molecule has 0 unspecified atom stereocenters. The predicted molar refractivity (Wildman–Crippen MR) is 75.0 cm³/mol. The Labute approximate surface area is 116 Å². The maximum atomic E-state index is 10.6. The van der Waals surface area contributed by atoms with Gasteiger partial charge in [0.25, 0.3) is 0 Å². The van der Waals surface area contributed by atoms with Crippen LogP contribution in [0.3, 0.4) is 0 Å². The lowest BCUT2D eigenvalue weighted by Crippen LogP contribution is -2.23. The zero-order valence-corrected chi connectivity index (χ0v) is 11.1. The average molecular weight is 264 g/mol. The number of hydrogen-bond donors (Lipinski definition) is 1. The number of allylic oxidation sites excluding steroid dienone is 3. The first-order valence-electron chi connectivity index (χ1n) is 6.08. The third-order valence-corrected chi connectivity index (χ3v) is 3.33. The molecule has 0 aromatic heterocycles. The minimum atomic E-state index is -0.269. The third kappa shape index (κ3) is 2.17. The van der Waals surface area contributed by atoms with Crippen molar-refractivity contribution in [3.63, 3.8) is 0 Å². The molecule has 1 heterocycles. The molecule has 0 saturated heterocycles. The number of benzene rings is 1. The van der Waals surface area contributed by atoms with E-state index in [9.17, 15) is 10.2 Å². The van der Waals surface area contributed by atoms with Gasteiger partial charge in [-0.05, 0) is 24.2 Å². The Bertz CT molecular complexity index is 716. The van der Waals surface area contributed by atoms with Crippen molar-refractivity contribution in [2.24, 2.45) is 11.1 Å². The van der Waals surface area contributed by atoms with Gasteiger partial charge in [0, 0.05) is 17.2 Å². The van der Waals surface area contributed by atoms with Gasteiger partial charge in [0.05, 0.1) is 29.0 Å². The van der Waals surface area contributed by atoms with E-state index < -0.39 is 0 Å². The monoisotopic (exact) mass is 264 g/mol. The van der Waals surface area contributed by atoms with Crippen molar-refractivity contribution in [2.45, 2.75) is 13.8 Å². The van der Waals surface area contributed by atoms with Crippen LogP contribution in [-0.2, 0) is 0 Å². The van der Waals surface area contributed by atoms with Crippen LogP contribution in [0.5, 0.6) is 0 Å². The molecule has 0 saturated carbocycles. The van der Waals surface area contributed by atoms with Crippen molar-refractivity contribution in [3.8, 4) is 12.1 Å². The smallest absolute Gasteiger partial charge is 0.108 e. The molecule has 0 fully saturated rings. The van der Waals surface area contributed by atoms with E-state index in [-0.39, 0.29) is 5.92 Å². The topological polar surface area (TPSA) is 89.0 Å². The van der Waals surface area contributed by atoms with E-state index in [0.717, 1.165) is 5.70 Å². The minimum Gasteiger partial charge on any atom is -0.357 e. The summed E-state index contributed by atoms with van der Waals surface area (Å²) in [6, 6.07) is 11.0. The SMILES string of the molecule is CC1=C(C#N)[C@@H](C)C(C#N)=C(c2cccc(N=O)c2)N1. The molecule has 1 N–H and O–H groups in total. The standard InChI is InChI=1S/C15H12N4O/c1-9-13(7-16)10(2)18-15(14(9)8-17)11-4-3-5-12(6-11)19-20/h3-6,9,18H,1-2H3/t9-/m1/s1. The number of nitrogens with zero attached hydrogens (tertiary/aromatic N) is 3. The Balaban J connectivity index is 2.58. The first kappa shape index (κ1) is 13.5. The maximum absolute atomic E-state index is 10.6. The van der Waals surface area contributed by atoms with E-state index in [1.54, 1.807) is 31.2 Å². The Kier molecular flexibility index (Phi) is 3.63.